The molecule has 0 aromatic carbocycles. The van der Waals surface area contributed by atoms with E-state index >= 15 is 0 Å². The van der Waals surface area contributed by atoms with Gasteiger partial charge in [0, 0.05) is 30.8 Å². The Balaban J connectivity index is 2.65. The Morgan fingerprint density at radius 2 is 1.82 bits per heavy atom. The first-order valence-corrected chi connectivity index (χ1v) is 6.59. The molecule has 4 nitrogen and oxygen atoms in total. The molecule has 0 unspecified atom stereocenters. The molecule has 4 heteroatoms. The summed E-state index contributed by atoms with van der Waals surface area (Å²) in [5.74, 6) is 0.0429. The zero-order valence-corrected chi connectivity index (χ0v) is 10.9. The van der Waals surface area contributed by atoms with E-state index in [-0.39, 0.29) is 29.4 Å². The molecular formula is C13H24N2O2. The van der Waals surface area contributed by atoms with Crippen molar-refractivity contribution in [1.29, 1.82) is 0 Å². The predicted molar refractivity (Wildman–Crippen MR) is 67.4 cm³/mol. The van der Waals surface area contributed by atoms with Crippen molar-refractivity contribution in [2.45, 2.75) is 39.5 Å². The zero-order chi connectivity index (χ0) is 12.8. The molecule has 0 saturated heterocycles. The molecule has 3 N–H and O–H groups in total. The van der Waals surface area contributed by atoms with Gasteiger partial charge in [-0.25, -0.2) is 0 Å². The van der Waals surface area contributed by atoms with Crippen molar-refractivity contribution in [3.8, 4) is 0 Å². The molecule has 1 rings (SSSR count). The average Bonchev–Trinajstić information content (AvgIpc) is 2.34. The van der Waals surface area contributed by atoms with E-state index in [1.165, 1.54) is 0 Å². The highest BCUT2D eigenvalue weighted by molar-refractivity contribution is 5.89. The lowest BCUT2D eigenvalue weighted by Gasteiger charge is -2.30. The van der Waals surface area contributed by atoms with Crippen molar-refractivity contribution in [1.82, 2.24) is 5.32 Å². The summed E-state index contributed by atoms with van der Waals surface area (Å²) in [4.78, 5) is 24.1. The van der Waals surface area contributed by atoms with E-state index in [9.17, 15) is 9.59 Å². The van der Waals surface area contributed by atoms with Crippen LogP contribution >= 0.6 is 0 Å². The number of hydrogen-bond acceptors (Lipinski definition) is 3. The number of carbonyl (C=O) groups is 2. The lowest BCUT2D eigenvalue weighted by Crippen LogP contribution is -2.42. The Morgan fingerprint density at radius 1 is 1.24 bits per heavy atom. The molecule has 1 amide bonds. The van der Waals surface area contributed by atoms with Crippen LogP contribution in [0.5, 0.6) is 0 Å². The molecule has 2 atom stereocenters. The van der Waals surface area contributed by atoms with Crippen LogP contribution in [0.3, 0.4) is 0 Å². The number of amides is 1. The van der Waals surface area contributed by atoms with Crippen LogP contribution in [0.15, 0.2) is 0 Å². The maximum atomic E-state index is 12.1. The third kappa shape index (κ3) is 3.80. The summed E-state index contributed by atoms with van der Waals surface area (Å²) in [5.41, 5.74) is 5.37. The fourth-order valence-corrected chi connectivity index (χ4v) is 2.54. The van der Waals surface area contributed by atoms with Crippen LogP contribution in [-0.2, 0) is 9.59 Å². The van der Waals surface area contributed by atoms with Gasteiger partial charge in [0.15, 0.2) is 0 Å². The Bertz CT molecular complexity index is 277. The second-order valence-electron chi connectivity index (χ2n) is 5.13. The number of hydrogen-bond donors (Lipinski definition) is 2. The first kappa shape index (κ1) is 14.2. The molecule has 0 spiro atoms. The van der Waals surface area contributed by atoms with Crippen molar-refractivity contribution in [3.05, 3.63) is 0 Å². The highest BCUT2D eigenvalue weighted by atomic mass is 16.2. The second kappa shape index (κ2) is 6.74. The molecule has 0 radical (unpaired) electrons. The van der Waals surface area contributed by atoms with Gasteiger partial charge < -0.3 is 11.1 Å². The number of carbonyl (C=O) groups excluding carboxylic acids is 2. The van der Waals surface area contributed by atoms with Gasteiger partial charge in [0.05, 0.1) is 0 Å². The third-order valence-electron chi connectivity index (χ3n) is 3.48. The molecule has 1 saturated carbocycles. The van der Waals surface area contributed by atoms with Crippen molar-refractivity contribution >= 4 is 11.7 Å². The normalized spacial score (nSPS) is 24.7. The van der Waals surface area contributed by atoms with E-state index in [1.807, 2.05) is 13.8 Å². The summed E-state index contributed by atoms with van der Waals surface area (Å²) >= 11 is 0. The van der Waals surface area contributed by atoms with Gasteiger partial charge in [-0.15, -0.1) is 0 Å². The van der Waals surface area contributed by atoms with E-state index in [1.54, 1.807) is 0 Å². The highest BCUT2D eigenvalue weighted by Crippen LogP contribution is 2.32. The molecule has 0 aromatic rings. The minimum Gasteiger partial charge on any atom is -0.355 e. The number of ketones is 1. The maximum absolute atomic E-state index is 12.1. The fraction of sp³-hybridized carbons (Fsp3) is 0.846. The van der Waals surface area contributed by atoms with E-state index < -0.39 is 0 Å². The molecule has 1 aliphatic carbocycles. The Hall–Kier alpha value is -0.900. The Labute approximate surface area is 103 Å². The monoisotopic (exact) mass is 240 g/mol. The lowest BCUT2D eigenvalue weighted by atomic mass is 9.74. The summed E-state index contributed by atoms with van der Waals surface area (Å²) in [5, 5.41) is 2.81. The van der Waals surface area contributed by atoms with Crippen molar-refractivity contribution in [2.75, 3.05) is 13.1 Å². The Morgan fingerprint density at radius 3 is 2.35 bits per heavy atom. The summed E-state index contributed by atoms with van der Waals surface area (Å²) in [7, 11) is 0. The van der Waals surface area contributed by atoms with Gasteiger partial charge in [-0.1, -0.05) is 26.7 Å². The number of nitrogens with one attached hydrogen (secondary N) is 1. The number of rotatable bonds is 5. The van der Waals surface area contributed by atoms with Gasteiger partial charge in [-0.05, 0) is 12.8 Å². The minimum atomic E-state index is -0.134. The lowest BCUT2D eigenvalue weighted by molar-refractivity contribution is -0.137. The smallest absolute Gasteiger partial charge is 0.223 e. The molecular weight excluding hydrogens is 216 g/mol. The summed E-state index contributed by atoms with van der Waals surface area (Å²) < 4.78 is 0. The first-order chi connectivity index (χ1) is 8.07. The van der Waals surface area contributed by atoms with Crippen molar-refractivity contribution in [2.24, 2.45) is 23.5 Å². The van der Waals surface area contributed by atoms with Gasteiger partial charge in [0.25, 0.3) is 0 Å². The average molecular weight is 240 g/mol. The van der Waals surface area contributed by atoms with Crippen LogP contribution in [0.2, 0.25) is 0 Å². The molecule has 1 aliphatic rings. The Kier molecular flexibility index (Phi) is 5.62. The van der Waals surface area contributed by atoms with Crippen LogP contribution in [-0.4, -0.2) is 24.8 Å². The molecule has 0 bridgehead atoms. The number of nitrogens with two attached hydrogens (primary N) is 1. The largest absolute Gasteiger partial charge is 0.355 e. The molecule has 1 fully saturated rings. The van der Waals surface area contributed by atoms with E-state index in [4.69, 9.17) is 5.73 Å². The van der Waals surface area contributed by atoms with Crippen molar-refractivity contribution in [3.63, 3.8) is 0 Å². The van der Waals surface area contributed by atoms with Crippen LogP contribution in [0.4, 0.5) is 0 Å². The standard InChI is InChI=1S/C13H24N2O2/c1-9(2)12(16)10-5-3-4-6-11(10)13(17)15-8-7-14/h9-11H,3-8,14H2,1-2H3,(H,15,17)/t10-,11+/m0/s1. The summed E-state index contributed by atoms with van der Waals surface area (Å²) in [6, 6.07) is 0. The predicted octanol–water partition coefficient (Wildman–Crippen LogP) is 1.09. The van der Waals surface area contributed by atoms with E-state index in [0.717, 1.165) is 25.7 Å². The van der Waals surface area contributed by atoms with Crippen LogP contribution in [0.1, 0.15) is 39.5 Å². The van der Waals surface area contributed by atoms with Crippen molar-refractivity contribution < 1.29 is 9.59 Å². The molecule has 0 aliphatic heterocycles. The van der Waals surface area contributed by atoms with Crippen LogP contribution in [0.25, 0.3) is 0 Å². The fourth-order valence-electron chi connectivity index (χ4n) is 2.54. The van der Waals surface area contributed by atoms with E-state index in [2.05, 4.69) is 5.32 Å². The SMILES string of the molecule is CC(C)C(=O)[C@H]1CCCC[C@H]1C(=O)NCCN. The van der Waals surface area contributed by atoms with Crippen LogP contribution in [0, 0.1) is 17.8 Å². The van der Waals surface area contributed by atoms with E-state index in [0.29, 0.717) is 13.1 Å². The minimum absolute atomic E-state index is 0.00847. The highest BCUT2D eigenvalue weighted by Gasteiger charge is 2.36. The topological polar surface area (TPSA) is 72.2 Å². The van der Waals surface area contributed by atoms with Gasteiger partial charge in [0.1, 0.15) is 5.78 Å². The molecule has 98 valence electrons. The quantitative estimate of drug-likeness (QED) is 0.755. The second-order valence-corrected chi connectivity index (χ2v) is 5.13. The van der Waals surface area contributed by atoms with Gasteiger partial charge in [-0.2, -0.15) is 0 Å². The van der Waals surface area contributed by atoms with Crippen LogP contribution < -0.4 is 11.1 Å². The maximum Gasteiger partial charge on any atom is 0.223 e. The molecule has 0 heterocycles. The number of Topliss-reactive ketones (excluding diaryl/α,β-unsaturated/α-hetero) is 1. The third-order valence-corrected chi connectivity index (χ3v) is 3.48. The van der Waals surface area contributed by atoms with Gasteiger partial charge in [-0.3, -0.25) is 9.59 Å². The first-order valence-electron chi connectivity index (χ1n) is 6.59. The summed E-state index contributed by atoms with van der Waals surface area (Å²) in [6.07, 6.45) is 3.80. The molecule has 0 aromatic heterocycles. The van der Waals surface area contributed by atoms with Gasteiger partial charge >= 0.3 is 0 Å². The summed E-state index contributed by atoms with van der Waals surface area (Å²) in [6.45, 7) is 4.76. The zero-order valence-electron chi connectivity index (χ0n) is 10.9. The van der Waals surface area contributed by atoms with Gasteiger partial charge in [0.2, 0.25) is 5.91 Å². The molecule has 17 heavy (non-hydrogen) atoms.